The summed E-state index contributed by atoms with van der Waals surface area (Å²) in [5.41, 5.74) is 5.66. The smallest absolute Gasteiger partial charge is 0.169 e. The molecule has 2 rings (SSSR count). The Balaban J connectivity index is 1.95. The summed E-state index contributed by atoms with van der Waals surface area (Å²) < 4.78 is 6.37. The van der Waals surface area contributed by atoms with Crippen LogP contribution in [-0.4, -0.2) is 24.0 Å². The normalized spacial score (nSPS) is 22.5. The van der Waals surface area contributed by atoms with Crippen molar-refractivity contribution in [2.24, 2.45) is 5.73 Å². The van der Waals surface area contributed by atoms with Crippen LogP contribution in [0, 0.1) is 0 Å². The fraction of sp³-hybridized carbons (Fsp3) is 0.667. The van der Waals surface area contributed by atoms with Crippen molar-refractivity contribution in [1.82, 2.24) is 4.90 Å². The summed E-state index contributed by atoms with van der Waals surface area (Å²) in [5, 5.41) is 0. The molecular weight excluding hydrogens is 268 g/mol. The Bertz CT molecular complexity index is 325. The highest BCUT2D eigenvalue weighted by molar-refractivity contribution is 9.10. The van der Waals surface area contributed by atoms with Crippen LogP contribution in [0.2, 0.25) is 0 Å². The van der Waals surface area contributed by atoms with Gasteiger partial charge in [0.05, 0.1) is 6.54 Å². The molecule has 1 aliphatic rings. The lowest BCUT2D eigenvalue weighted by molar-refractivity contribution is 0.124. The van der Waals surface area contributed by atoms with Crippen LogP contribution in [0.5, 0.6) is 0 Å². The predicted molar refractivity (Wildman–Crippen MR) is 68.1 cm³/mol. The van der Waals surface area contributed by atoms with Crippen LogP contribution < -0.4 is 5.73 Å². The number of furan rings is 1. The minimum absolute atomic E-state index is 0.641. The van der Waals surface area contributed by atoms with E-state index in [1.807, 2.05) is 12.1 Å². The van der Waals surface area contributed by atoms with Gasteiger partial charge in [-0.15, -0.1) is 0 Å². The lowest BCUT2D eigenvalue weighted by atomic mass is 9.99. The van der Waals surface area contributed by atoms with Crippen molar-refractivity contribution in [1.29, 1.82) is 0 Å². The van der Waals surface area contributed by atoms with E-state index >= 15 is 0 Å². The van der Waals surface area contributed by atoms with Crippen LogP contribution >= 0.6 is 15.9 Å². The van der Waals surface area contributed by atoms with E-state index in [1.165, 1.54) is 25.8 Å². The monoisotopic (exact) mass is 286 g/mol. The standard InChI is InChI=1S/C12H19BrN2O/c13-12-5-4-11(16-12)9-15-8-2-1-3-10(15)6-7-14/h4-5,10H,1-3,6-9,14H2. The van der Waals surface area contributed by atoms with Crippen LogP contribution in [0.15, 0.2) is 21.2 Å². The molecule has 4 heteroatoms. The zero-order valence-electron chi connectivity index (χ0n) is 9.49. The molecule has 16 heavy (non-hydrogen) atoms. The molecule has 2 N–H and O–H groups in total. The number of hydrogen-bond donors (Lipinski definition) is 1. The van der Waals surface area contributed by atoms with Gasteiger partial charge in [-0.05, 0) is 60.4 Å². The van der Waals surface area contributed by atoms with Gasteiger partial charge in [-0.2, -0.15) is 0 Å². The first-order chi connectivity index (χ1) is 7.79. The molecule has 0 aromatic carbocycles. The zero-order chi connectivity index (χ0) is 11.4. The Morgan fingerprint density at radius 3 is 3.00 bits per heavy atom. The van der Waals surface area contributed by atoms with Gasteiger partial charge in [-0.3, -0.25) is 4.90 Å². The molecule has 1 atom stereocenters. The molecule has 0 bridgehead atoms. The number of halogens is 1. The zero-order valence-corrected chi connectivity index (χ0v) is 11.1. The summed E-state index contributed by atoms with van der Waals surface area (Å²) in [5.74, 6) is 1.04. The highest BCUT2D eigenvalue weighted by Gasteiger charge is 2.22. The minimum atomic E-state index is 0.641. The molecule has 0 amide bonds. The second kappa shape index (κ2) is 5.84. The van der Waals surface area contributed by atoms with E-state index in [9.17, 15) is 0 Å². The third-order valence-electron chi connectivity index (χ3n) is 3.24. The number of piperidine rings is 1. The molecule has 1 aliphatic heterocycles. The topological polar surface area (TPSA) is 42.4 Å². The number of rotatable bonds is 4. The SMILES string of the molecule is NCCC1CCCCN1Cc1ccc(Br)o1. The number of nitrogens with zero attached hydrogens (tertiary/aromatic N) is 1. The van der Waals surface area contributed by atoms with E-state index in [2.05, 4.69) is 20.8 Å². The second-order valence-corrected chi connectivity index (χ2v) is 5.18. The second-order valence-electron chi connectivity index (χ2n) is 4.40. The van der Waals surface area contributed by atoms with Crippen molar-refractivity contribution < 1.29 is 4.42 Å². The lowest BCUT2D eigenvalue weighted by Gasteiger charge is -2.34. The lowest BCUT2D eigenvalue weighted by Crippen LogP contribution is -2.39. The van der Waals surface area contributed by atoms with E-state index in [1.54, 1.807) is 0 Å². The minimum Gasteiger partial charge on any atom is -0.453 e. The largest absolute Gasteiger partial charge is 0.453 e. The molecular formula is C12H19BrN2O. The van der Waals surface area contributed by atoms with Crippen LogP contribution in [0.4, 0.5) is 0 Å². The third-order valence-corrected chi connectivity index (χ3v) is 3.66. The van der Waals surface area contributed by atoms with Gasteiger partial charge in [0.25, 0.3) is 0 Å². The fourth-order valence-corrected chi connectivity index (χ4v) is 2.76. The van der Waals surface area contributed by atoms with Gasteiger partial charge in [0, 0.05) is 6.04 Å². The highest BCUT2D eigenvalue weighted by atomic mass is 79.9. The molecule has 1 fully saturated rings. The van der Waals surface area contributed by atoms with Crippen molar-refractivity contribution in [3.8, 4) is 0 Å². The van der Waals surface area contributed by atoms with Crippen molar-refractivity contribution in [3.05, 3.63) is 22.6 Å². The summed E-state index contributed by atoms with van der Waals surface area (Å²) in [7, 11) is 0. The molecule has 1 aromatic heterocycles. The van der Waals surface area contributed by atoms with Gasteiger partial charge in [0.2, 0.25) is 0 Å². The number of nitrogens with two attached hydrogens (primary N) is 1. The maximum atomic E-state index is 5.66. The molecule has 0 aliphatic carbocycles. The Hall–Kier alpha value is -0.320. The van der Waals surface area contributed by atoms with E-state index < -0.39 is 0 Å². The molecule has 90 valence electrons. The molecule has 0 radical (unpaired) electrons. The summed E-state index contributed by atoms with van der Waals surface area (Å²) in [6.07, 6.45) is 5.01. The van der Waals surface area contributed by atoms with Gasteiger partial charge in [-0.1, -0.05) is 6.42 Å². The van der Waals surface area contributed by atoms with Crippen LogP contribution in [0.3, 0.4) is 0 Å². The molecule has 2 heterocycles. The van der Waals surface area contributed by atoms with Gasteiger partial charge in [-0.25, -0.2) is 0 Å². The average molecular weight is 287 g/mol. The summed E-state index contributed by atoms with van der Waals surface area (Å²) in [4.78, 5) is 2.50. The number of hydrogen-bond acceptors (Lipinski definition) is 3. The fourth-order valence-electron chi connectivity index (χ4n) is 2.42. The molecule has 1 aromatic rings. The van der Waals surface area contributed by atoms with Crippen molar-refractivity contribution in [3.63, 3.8) is 0 Å². The molecule has 1 unspecified atom stereocenters. The Morgan fingerprint density at radius 2 is 2.31 bits per heavy atom. The molecule has 3 nitrogen and oxygen atoms in total. The first kappa shape index (κ1) is 12.1. The Kier molecular flexibility index (Phi) is 4.44. The van der Waals surface area contributed by atoms with Crippen molar-refractivity contribution in [2.45, 2.75) is 38.3 Å². The van der Waals surface area contributed by atoms with Gasteiger partial charge < -0.3 is 10.2 Å². The van der Waals surface area contributed by atoms with E-state index in [4.69, 9.17) is 10.2 Å². The average Bonchev–Trinajstić information content (AvgIpc) is 2.67. The molecule has 1 saturated heterocycles. The highest BCUT2D eigenvalue weighted by Crippen LogP contribution is 2.23. The summed E-state index contributed by atoms with van der Waals surface area (Å²) >= 11 is 3.34. The van der Waals surface area contributed by atoms with Crippen LogP contribution in [-0.2, 0) is 6.54 Å². The van der Waals surface area contributed by atoms with Gasteiger partial charge >= 0.3 is 0 Å². The van der Waals surface area contributed by atoms with Crippen molar-refractivity contribution >= 4 is 15.9 Å². The predicted octanol–water partition coefficient (Wildman–Crippen LogP) is 2.75. The van der Waals surface area contributed by atoms with E-state index in [-0.39, 0.29) is 0 Å². The molecule has 0 saturated carbocycles. The quantitative estimate of drug-likeness (QED) is 0.926. The van der Waals surface area contributed by atoms with Gasteiger partial charge in [0.15, 0.2) is 4.67 Å². The third kappa shape index (κ3) is 3.09. The van der Waals surface area contributed by atoms with E-state index in [0.29, 0.717) is 6.04 Å². The number of likely N-dealkylation sites (tertiary alicyclic amines) is 1. The first-order valence-electron chi connectivity index (χ1n) is 5.98. The van der Waals surface area contributed by atoms with Crippen molar-refractivity contribution in [2.75, 3.05) is 13.1 Å². The summed E-state index contributed by atoms with van der Waals surface area (Å²) in [6, 6.07) is 4.64. The summed E-state index contributed by atoms with van der Waals surface area (Å²) in [6.45, 7) is 2.86. The Labute approximate surface area is 105 Å². The maximum Gasteiger partial charge on any atom is 0.169 e. The van der Waals surface area contributed by atoms with Crippen LogP contribution in [0.25, 0.3) is 0 Å². The Morgan fingerprint density at radius 1 is 1.44 bits per heavy atom. The van der Waals surface area contributed by atoms with Crippen LogP contribution in [0.1, 0.15) is 31.4 Å². The van der Waals surface area contributed by atoms with E-state index in [0.717, 1.165) is 29.9 Å². The first-order valence-corrected chi connectivity index (χ1v) is 6.77. The van der Waals surface area contributed by atoms with Gasteiger partial charge in [0.1, 0.15) is 5.76 Å². The molecule has 0 spiro atoms. The maximum absolute atomic E-state index is 5.66.